The Labute approximate surface area is 159 Å². The molecule has 6 heteroatoms. The molecule has 2 saturated heterocycles. The number of ether oxygens (including phenoxy) is 1. The van der Waals surface area contributed by atoms with E-state index in [0.29, 0.717) is 19.0 Å². The van der Waals surface area contributed by atoms with Gasteiger partial charge >= 0.3 is 5.97 Å². The van der Waals surface area contributed by atoms with Crippen molar-refractivity contribution in [3.05, 3.63) is 35.9 Å². The molecular formula is C21H26N2O4. The highest BCUT2D eigenvalue weighted by molar-refractivity contribution is 5.86. The van der Waals surface area contributed by atoms with E-state index in [4.69, 9.17) is 4.74 Å². The Kier molecular flexibility index (Phi) is 5.14. The second-order valence-corrected chi connectivity index (χ2v) is 7.99. The number of amides is 2. The number of carbonyl (C=O) groups is 3. The molecule has 3 aliphatic rings. The number of benzene rings is 1. The molecule has 2 amide bonds. The zero-order valence-corrected chi connectivity index (χ0v) is 15.4. The molecule has 2 heterocycles. The minimum absolute atomic E-state index is 0.00370. The van der Waals surface area contributed by atoms with E-state index in [0.717, 1.165) is 25.7 Å². The van der Waals surface area contributed by atoms with Crippen LogP contribution in [0.5, 0.6) is 0 Å². The number of hydrogen-bond donors (Lipinski definition) is 1. The van der Waals surface area contributed by atoms with Gasteiger partial charge in [-0.1, -0.05) is 30.3 Å². The molecule has 0 bridgehead atoms. The van der Waals surface area contributed by atoms with Crippen LogP contribution in [0.4, 0.5) is 0 Å². The number of rotatable bonds is 4. The maximum atomic E-state index is 12.6. The summed E-state index contributed by atoms with van der Waals surface area (Å²) in [6, 6.07) is 10.3. The highest BCUT2D eigenvalue weighted by atomic mass is 16.5. The topological polar surface area (TPSA) is 75.7 Å². The van der Waals surface area contributed by atoms with Gasteiger partial charge in [-0.15, -0.1) is 0 Å². The number of cyclic esters (lactones) is 1. The van der Waals surface area contributed by atoms with Gasteiger partial charge in [-0.3, -0.25) is 14.4 Å². The minimum Gasteiger partial charge on any atom is -0.465 e. The van der Waals surface area contributed by atoms with E-state index in [1.54, 1.807) is 4.90 Å². The summed E-state index contributed by atoms with van der Waals surface area (Å²) in [5.74, 6) is -0.0137. The van der Waals surface area contributed by atoms with Crippen molar-refractivity contribution in [1.82, 2.24) is 10.2 Å². The number of nitrogens with one attached hydrogen (secondary N) is 1. The van der Waals surface area contributed by atoms with Crippen molar-refractivity contribution in [2.24, 2.45) is 11.8 Å². The fourth-order valence-corrected chi connectivity index (χ4v) is 4.37. The molecule has 2 atom stereocenters. The van der Waals surface area contributed by atoms with Crippen molar-refractivity contribution in [3.63, 3.8) is 0 Å². The van der Waals surface area contributed by atoms with Crippen molar-refractivity contribution in [2.75, 3.05) is 19.7 Å². The molecule has 1 aromatic rings. The summed E-state index contributed by atoms with van der Waals surface area (Å²) in [7, 11) is 0. The van der Waals surface area contributed by atoms with Gasteiger partial charge in [0.25, 0.3) is 0 Å². The third kappa shape index (κ3) is 3.99. The predicted molar refractivity (Wildman–Crippen MR) is 98.7 cm³/mol. The Morgan fingerprint density at radius 1 is 1.11 bits per heavy atom. The number of piperidine rings is 1. The summed E-state index contributed by atoms with van der Waals surface area (Å²) in [5.41, 5.74) is 1.31. The SMILES string of the molecule is O=C1CC(C(=O)N2CCCC(NC(=O)C3CC(c4ccccc4)C3)C2)CO1. The van der Waals surface area contributed by atoms with Gasteiger partial charge in [-0.05, 0) is 37.2 Å². The van der Waals surface area contributed by atoms with E-state index in [-0.39, 0.29) is 48.7 Å². The van der Waals surface area contributed by atoms with E-state index >= 15 is 0 Å². The van der Waals surface area contributed by atoms with Crippen molar-refractivity contribution in [3.8, 4) is 0 Å². The first-order valence-corrected chi connectivity index (χ1v) is 9.90. The third-order valence-corrected chi connectivity index (χ3v) is 6.07. The van der Waals surface area contributed by atoms with E-state index < -0.39 is 0 Å². The molecule has 1 saturated carbocycles. The molecule has 2 aliphatic heterocycles. The van der Waals surface area contributed by atoms with Crippen molar-refractivity contribution >= 4 is 17.8 Å². The summed E-state index contributed by atoms with van der Waals surface area (Å²) in [6.45, 7) is 1.41. The van der Waals surface area contributed by atoms with Gasteiger partial charge in [0.05, 0.1) is 12.3 Å². The Balaban J connectivity index is 1.25. The maximum absolute atomic E-state index is 12.6. The summed E-state index contributed by atoms with van der Waals surface area (Å²) in [5, 5.41) is 3.15. The Morgan fingerprint density at radius 2 is 1.89 bits per heavy atom. The molecule has 1 aromatic carbocycles. The highest BCUT2D eigenvalue weighted by Gasteiger charge is 2.38. The van der Waals surface area contributed by atoms with Gasteiger partial charge in [0, 0.05) is 25.0 Å². The quantitative estimate of drug-likeness (QED) is 0.821. The van der Waals surface area contributed by atoms with Crippen LogP contribution in [-0.4, -0.2) is 48.4 Å². The van der Waals surface area contributed by atoms with Gasteiger partial charge in [-0.2, -0.15) is 0 Å². The van der Waals surface area contributed by atoms with Crippen molar-refractivity contribution in [1.29, 1.82) is 0 Å². The van der Waals surface area contributed by atoms with Crippen molar-refractivity contribution < 1.29 is 19.1 Å². The van der Waals surface area contributed by atoms with E-state index in [9.17, 15) is 14.4 Å². The van der Waals surface area contributed by atoms with Crippen LogP contribution in [-0.2, 0) is 19.1 Å². The first-order valence-electron chi connectivity index (χ1n) is 9.90. The lowest BCUT2D eigenvalue weighted by Gasteiger charge is -2.38. The minimum atomic E-state index is -0.356. The zero-order valence-electron chi connectivity index (χ0n) is 15.4. The fourth-order valence-electron chi connectivity index (χ4n) is 4.37. The Bertz CT molecular complexity index is 714. The summed E-state index contributed by atoms with van der Waals surface area (Å²) < 4.78 is 4.91. The van der Waals surface area contributed by atoms with Gasteiger partial charge in [-0.25, -0.2) is 0 Å². The van der Waals surface area contributed by atoms with Crippen LogP contribution in [0.2, 0.25) is 0 Å². The molecule has 1 N–H and O–H groups in total. The van der Waals surface area contributed by atoms with Gasteiger partial charge in [0.15, 0.2) is 0 Å². The molecule has 0 radical (unpaired) electrons. The highest BCUT2D eigenvalue weighted by Crippen LogP contribution is 2.41. The van der Waals surface area contributed by atoms with Crippen LogP contribution in [0.25, 0.3) is 0 Å². The first kappa shape index (κ1) is 18.0. The number of esters is 1. The van der Waals surface area contributed by atoms with E-state index in [1.807, 2.05) is 18.2 Å². The molecule has 0 spiro atoms. The van der Waals surface area contributed by atoms with Gasteiger partial charge in [0.2, 0.25) is 11.8 Å². The average Bonchev–Trinajstić information content (AvgIpc) is 3.07. The second-order valence-electron chi connectivity index (χ2n) is 7.99. The predicted octanol–water partition coefficient (Wildman–Crippen LogP) is 1.85. The molecule has 4 rings (SSSR count). The number of hydrogen-bond acceptors (Lipinski definition) is 4. The molecule has 1 aliphatic carbocycles. The maximum Gasteiger partial charge on any atom is 0.306 e. The van der Waals surface area contributed by atoms with Crippen LogP contribution in [0.3, 0.4) is 0 Å². The molecule has 3 fully saturated rings. The summed E-state index contributed by atoms with van der Waals surface area (Å²) in [4.78, 5) is 38.2. The lowest BCUT2D eigenvalue weighted by atomic mass is 9.71. The second kappa shape index (κ2) is 7.71. The number of nitrogens with zero attached hydrogens (tertiary/aromatic N) is 1. The van der Waals surface area contributed by atoms with Crippen LogP contribution in [0, 0.1) is 11.8 Å². The lowest BCUT2D eigenvalue weighted by molar-refractivity contribution is -0.138. The Morgan fingerprint density at radius 3 is 2.59 bits per heavy atom. The van der Waals surface area contributed by atoms with Gasteiger partial charge in [0.1, 0.15) is 6.61 Å². The largest absolute Gasteiger partial charge is 0.465 e. The van der Waals surface area contributed by atoms with Gasteiger partial charge < -0.3 is 15.0 Å². The zero-order chi connectivity index (χ0) is 18.8. The molecule has 0 aromatic heterocycles. The summed E-state index contributed by atoms with van der Waals surface area (Å²) >= 11 is 0. The Hall–Kier alpha value is -2.37. The standard InChI is InChI=1S/C21H26N2O4/c24-19-11-17(13-27-19)21(26)23-8-4-7-18(12-23)22-20(25)16-9-15(10-16)14-5-2-1-3-6-14/h1-3,5-6,15-18H,4,7-13H2,(H,22,25). The normalized spacial score (nSPS) is 30.4. The molecule has 144 valence electrons. The molecular weight excluding hydrogens is 344 g/mol. The van der Waals surface area contributed by atoms with Crippen LogP contribution in [0.15, 0.2) is 30.3 Å². The van der Waals surface area contributed by atoms with Crippen LogP contribution >= 0.6 is 0 Å². The van der Waals surface area contributed by atoms with Crippen molar-refractivity contribution in [2.45, 2.75) is 44.1 Å². The van der Waals surface area contributed by atoms with E-state index in [1.165, 1.54) is 5.56 Å². The number of carbonyl (C=O) groups excluding carboxylic acids is 3. The van der Waals surface area contributed by atoms with E-state index in [2.05, 4.69) is 17.4 Å². The van der Waals surface area contributed by atoms with Crippen LogP contribution < -0.4 is 5.32 Å². The average molecular weight is 370 g/mol. The first-order chi connectivity index (χ1) is 13.1. The number of likely N-dealkylation sites (tertiary alicyclic amines) is 1. The molecule has 2 unspecified atom stereocenters. The monoisotopic (exact) mass is 370 g/mol. The fraction of sp³-hybridized carbons (Fsp3) is 0.571. The van der Waals surface area contributed by atoms with Crippen LogP contribution in [0.1, 0.15) is 43.6 Å². The molecule has 27 heavy (non-hydrogen) atoms. The molecule has 6 nitrogen and oxygen atoms in total. The lowest BCUT2D eigenvalue weighted by Crippen LogP contribution is -2.53. The smallest absolute Gasteiger partial charge is 0.306 e. The third-order valence-electron chi connectivity index (χ3n) is 6.07. The summed E-state index contributed by atoms with van der Waals surface area (Å²) in [6.07, 6.45) is 3.73.